The van der Waals surface area contributed by atoms with Crippen molar-refractivity contribution in [2.45, 2.75) is 6.92 Å². The summed E-state index contributed by atoms with van der Waals surface area (Å²) in [5, 5.41) is 6.91. The summed E-state index contributed by atoms with van der Waals surface area (Å²) in [5.74, 6) is 1.55. The Morgan fingerprint density at radius 2 is 1.94 bits per heavy atom. The van der Waals surface area contributed by atoms with Crippen molar-refractivity contribution in [2.24, 2.45) is 0 Å². The van der Waals surface area contributed by atoms with Crippen molar-refractivity contribution < 1.29 is 0 Å². The lowest BCUT2D eigenvalue weighted by atomic mass is 10.2. The van der Waals surface area contributed by atoms with Gasteiger partial charge in [0.25, 0.3) is 0 Å². The molecule has 0 saturated carbocycles. The molecule has 0 saturated heterocycles. The first-order valence-corrected chi connectivity index (χ1v) is 6.79. The van der Waals surface area contributed by atoms with Crippen molar-refractivity contribution >= 4 is 51.5 Å². The van der Waals surface area contributed by atoms with Crippen LogP contribution in [0.1, 0.15) is 5.56 Å². The van der Waals surface area contributed by atoms with Crippen molar-refractivity contribution in [1.29, 1.82) is 0 Å². The summed E-state index contributed by atoms with van der Waals surface area (Å²) < 4.78 is 1.10. The van der Waals surface area contributed by atoms with Gasteiger partial charge in [0.2, 0.25) is 0 Å². The predicted octanol–water partition coefficient (Wildman–Crippen LogP) is 3.83. The highest BCUT2D eigenvalue weighted by Gasteiger charge is 2.08. The zero-order valence-electron chi connectivity index (χ0n) is 9.96. The van der Waals surface area contributed by atoms with Crippen molar-refractivity contribution in [1.82, 2.24) is 9.97 Å². The van der Waals surface area contributed by atoms with E-state index in [0.717, 1.165) is 26.5 Å². The van der Waals surface area contributed by atoms with Gasteiger partial charge in [-0.2, -0.15) is 0 Å². The molecule has 94 valence electrons. The fraction of sp³-hybridized carbons (Fsp3) is 0.167. The zero-order valence-corrected chi connectivity index (χ0v) is 12.9. The number of nitrogens with zero attached hydrogens (tertiary/aromatic N) is 2. The van der Waals surface area contributed by atoms with Crippen LogP contribution in [0.15, 0.2) is 24.5 Å². The van der Waals surface area contributed by atoms with E-state index in [-0.39, 0.29) is 0 Å². The molecule has 1 aromatic heterocycles. The lowest BCUT2D eigenvalue weighted by Gasteiger charge is -2.12. The molecule has 0 radical (unpaired) electrons. The van der Waals surface area contributed by atoms with E-state index in [2.05, 4.69) is 43.2 Å². The third-order valence-corrected chi connectivity index (χ3v) is 3.49. The molecule has 1 aromatic carbocycles. The van der Waals surface area contributed by atoms with Crippen LogP contribution in [-0.2, 0) is 0 Å². The molecule has 2 rings (SSSR count). The Bertz CT molecular complexity index is 574. The minimum absolute atomic E-state index is 0.672. The summed E-state index contributed by atoms with van der Waals surface area (Å²) in [6.45, 7) is 1.95. The molecule has 2 N–H and O–H groups in total. The Labute approximate surface area is 124 Å². The van der Waals surface area contributed by atoms with Gasteiger partial charge in [0.05, 0.1) is 10.7 Å². The van der Waals surface area contributed by atoms with Gasteiger partial charge in [-0.1, -0.05) is 11.6 Å². The number of aromatic nitrogens is 2. The second-order valence-electron chi connectivity index (χ2n) is 3.70. The van der Waals surface area contributed by atoms with Gasteiger partial charge in [0.1, 0.15) is 18.0 Å². The van der Waals surface area contributed by atoms with Gasteiger partial charge in [-0.05, 0) is 47.7 Å². The highest BCUT2D eigenvalue weighted by atomic mass is 127. The Hall–Kier alpha value is -1.08. The molecule has 0 atom stereocenters. The first-order valence-electron chi connectivity index (χ1n) is 5.33. The highest BCUT2D eigenvalue weighted by molar-refractivity contribution is 14.1. The van der Waals surface area contributed by atoms with Gasteiger partial charge in [-0.3, -0.25) is 0 Å². The summed E-state index contributed by atoms with van der Waals surface area (Å²) >= 11 is 8.40. The molecule has 4 nitrogen and oxygen atoms in total. The normalized spacial score (nSPS) is 10.2. The summed E-state index contributed by atoms with van der Waals surface area (Å²) in [5.41, 5.74) is 1.79. The van der Waals surface area contributed by atoms with Crippen LogP contribution in [0.2, 0.25) is 5.02 Å². The molecule has 18 heavy (non-hydrogen) atoms. The average molecular weight is 375 g/mol. The third kappa shape index (κ3) is 2.84. The maximum Gasteiger partial charge on any atom is 0.138 e. The summed E-state index contributed by atoms with van der Waals surface area (Å²) in [7, 11) is 1.83. The largest absolute Gasteiger partial charge is 0.373 e. The lowest BCUT2D eigenvalue weighted by Crippen LogP contribution is -2.02. The number of anilines is 3. The van der Waals surface area contributed by atoms with Crippen LogP contribution in [-0.4, -0.2) is 17.0 Å². The van der Waals surface area contributed by atoms with Gasteiger partial charge in [0.15, 0.2) is 0 Å². The zero-order chi connectivity index (χ0) is 13.1. The van der Waals surface area contributed by atoms with Crippen LogP contribution in [0.3, 0.4) is 0 Å². The second-order valence-corrected chi connectivity index (χ2v) is 5.35. The first-order chi connectivity index (χ1) is 8.61. The molecular weight excluding hydrogens is 363 g/mol. The maximum atomic E-state index is 6.18. The summed E-state index contributed by atoms with van der Waals surface area (Å²) in [4.78, 5) is 8.36. The molecule has 0 unspecified atom stereocenters. The molecule has 6 heteroatoms. The molecule has 2 aromatic rings. The smallest absolute Gasteiger partial charge is 0.138 e. The summed E-state index contributed by atoms with van der Waals surface area (Å²) in [6.07, 6.45) is 1.52. The quantitative estimate of drug-likeness (QED) is 0.802. The standard InChI is InChI=1S/C12H12ClIN4/c1-7-11(15-2)16-6-17-12(7)18-10-4-3-8(14)5-9(10)13/h3-6H,1-2H3,(H2,15,16,17,18). The van der Waals surface area contributed by atoms with Crippen LogP contribution < -0.4 is 10.6 Å². The number of rotatable bonds is 3. The Morgan fingerprint density at radius 3 is 2.61 bits per heavy atom. The topological polar surface area (TPSA) is 49.8 Å². The minimum atomic E-state index is 0.672. The van der Waals surface area contributed by atoms with Crippen molar-refractivity contribution in [2.75, 3.05) is 17.7 Å². The minimum Gasteiger partial charge on any atom is -0.373 e. The lowest BCUT2D eigenvalue weighted by molar-refractivity contribution is 1.12. The predicted molar refractivity (Wildman–Crippen MR) is 83.8 cm³/mol. The monoisotopic (exact) mass is 374 g/mol. The van der Waals surface area contributed by atoms with E-state index in [9.17, 15) is 0 Å². The van der Waals surface area contributed by atoms with Gasteiger partial charge in [-0.25, -0.2) is 9.97 Å². The Kier molecular flexibility index (Phi) is 4.23. The molecule has 0 bridgehead atoms. The van der Waals surface area contributed by atoms with Crippen molar-refractivity contribution in [3.63, 3.8) is 0 Å². The number of halogens is 2. The number of hydrogen-bond donors (Lipinski definition) is 2. The van der Waals surface area contributed by atoms with Gasteiger partial charge in [0, 0.05) is 16.2 Å². The van der Waals surface area contributed by atoms with E-state index in [1.807, 2.05) is 32.2 Å². The van der Waals surface area contributed by atoms with E-state index in [0.29, 0.717) is 5.02 Å². The van der Waals surface area contributed by atoms with E-state index in [1.165, 1.54) is 6.33 Å². The number of hydrogen-bond acceptors (Lipinski definition) is 4. The van der Waals surface area contributed by atoms with Crippen molar-refractivity contribution in [3.05, 3.63) is 38.7 Å². The summed E-state index contributed by atoms with van der Waals surface area (Å²) in [6, 6.07) is 5.83. The van der Waals surface area contributed by atoms with Crippen LogP contribution in [0.4, 0.5) is 17.3 Å². The molecule has 0 spiro atoms. The fourth-order valence-corrected chi connectivity index (χ4v) is 2.45. The molecule has 0 aliphatic rings. The van der Waals surface area contributed by atoms with Crippen LogP contribution in [0, 0.1) is 10.5 Å². The number of nitrogens with one attached hydrogen (secondary N) is 2. The van der Waals surface area contributed by atoms with Gasteiger partial charge >= 0.3 is 0 Å². The third-order valence-electron chi connectivity index (χ3n) is 2.51. The van der Waals surface area contributed by atoms with Crippen LogP contribution in [0.5, 0.6) is 0 Å². The van der Waals surface area contributed by atoms with E-state index >= 15 is 0 Å². The van der Waals surface area contributed by atoms with Crippen LogP contribution in [0.25, 0.3) is 0 Å². The molecule has 0 fully saturated rings. The van der Waals surface area contributed by atoms with E-state index in [1.54, 1.807) is 0 Å². The molecular formula is C12H12ClIN4. The Morgan fingerprint density at radius 1 is 1.22 bits per heavy atom. The van der Waals surface area contributed by atoms with E-state index in [4.69, 9.17) is 11.6 Å². The first kappa shape index (κ1) is 13.4. The molecule has 1 heterocycles. The Balaban J connectivity index is 2.34. The molecule has 0 aliphatic carbocycles. The number of benzene rings is 1. The van der Waals surface area contributed by atoms with Crippen LogP contribution >= 0.6 is 34.2 Å². The van der Waals surface area contributed by atoms with Gasteiger partial charge < -0.3 is 10.6 Å². The SMILES string of the molecule is CNc1ncnc(Nc2ccc(I)cc2Cl)c1C. The van der Waals surface area contributed by atoms with Crippen molar-refractivity contribution in [3.8, 4) is 0 Å². The molecule has 0 amide bonds. The maximum absolute atomic E-state index is 6.18. The fourth-order valence-electron chi connectivity index (χ4n) is 1.55. The highest BCUT2D eigenvalue weighted by Crippen LogP contribution is 2.28. The molecule has 0 aliphatic heterocycles. The van der Waals surface area contributed by atoms with Gasteiger partial charge in [-0.15, -0.1) is 0 Å². The second kappa shape index (κ2) is 5.71. The van der Waals surface area contributed by atoms with E-state index < -0.39 is 0 Å². The average Bonchev–Trinajstić information content (AvgIpc) is 2.35.